The summed E-state index contributed by atoms with van der Waals surface area (Å²) in [6.45, 7) is 3.45. The van der Waals surface area contributed by atoms with E-state index in [1.807, 2.05) is 24.3 Å². The molecule has 0 atom stereocenters. The topological polar surface area (TPSA) is 44.4 Å². The number of carbonyl (C=O) groups excluding carboxylic acids is 1. The van der Waals surface area contributed by atoms with Gasteiger partial charge < -0.3 is 10.6 Å². The molecule has 4 nitrogen and oxygen atoms in total. The second-order valence-corrected chi connectivity index (χ2v) is 7.68. The van der Waals surface area contributed by atoms with Crippen LogP contribution in [0.5, 0.6) is 0 Å². The third-order valence-electron chi connectivity index (χ3n) is 4.87. The highest BCUT2D eigenvalue weighted by Gasteiger charge is 2.25. The summed E-state index contributed by atoms with van der Waals surface area (Å²) in [6, 6.07) is 13.3. The predicted molar refractivity (Wildman–Crippen MR) is 108 cm³/mol. The molecule has 150 valence electrons. The molecule has 1 aliphatic rings. The molecule has 2 N–H and O–H groups in total. The molecule has 2 aromatic carbocycles. The zero-order chi connectivity index (χ0) is 20.1. The van der Waals surface area contributed by atoms with E-state index in [-0.39, 0.29) is 17.6 Å². The molecule has 0 bridgehead atoms. The number of alkyl halides is 2. The number of nitrogens with zero attached hydrogens (tertiary/aromatic N) is 1. The van der Waals surface area contributed by atoms with Gasteiger partial charge in [-0.25, -0.2) is 13.6 Å². The highest BCUT2D eigenvalue weighted by molar-refractivity contribution is 6.30. The molecule has 0 aliphatic carbocycles. The van der Waals surface area contributed by atoms with Crippen LogP contribution in [0.2, 0.25) is 5.02 Å². The summed E-state index contributed by atoms with van der Waals surface area (Å²) in [6.07, 6.45) is 1.68. The first-order valence-electron chi connectivity index (χ1n) is 9.32. The largest absolute Gasteiger partial charge is 0.335 e. The molecule has 1 heterocycles. The number of piperidine rings is 1. The number of rotatable bonds is 5. The zero-order valence-corrected chi connectivity index (χ0v) is 16.5. The summed E-state index contributed by atoms with van der Waals surface area (Å²) in [5, 5.41) is 6.31. The first-order valence-corrected chi connectivity index (χ1v) is 9.70. The molecule has 2 aromatic rings. The van der Waals surface area contributed by atoms with Crippen LogP contribution in [-0.2, 0) is 12.5 Å². The lowest BCUT2D eigenvalue weighted by Gasteiger charge is -2.32. The Morgan fingerprint density at radius 2 is 1.86 bits per heavy atom. The van der Waals surface area contributed by atoms with E-state index < -0.39 is 5.92 Å². The standard InChI is InChI=1S/C21H24ClF2N3O/c1-21(23,24)16-3-2-4-19(13-16)26-20(28)25-18-9-11-27(12-10-18)14-15-5-7-17(22)8-6-15/h2-8,13,18H,9-12,14H2,1H3,(H2,25,26,28). The van der Waals surface area contributed by atoms with E-state index >= 15 is 0 Å². The van der Waals surface area contributed by atoms with E-state index in [4.69, 9.17) is 11.6 Å². The van der Waals surface area contributed by atoms with Crippen molar-refractivity contribution in [2.24, 2.45) is 0 Å². The first-order chi connectivity index (χ1) is 13.3. The molecule has 1 saturated heterocycles. The van der Waals surface area contributed by atoms with Crippen molar-refractivity contribution in [3.05, 3.63) is 64.7 Å². The Balaban J connectivity index is 1.45. The summed E-state index contributed by atoms with van der Waals surface area (Å²) in [5.41, 5.74) is 1.44. The van der Waals surface area contributed by atoms with Gasteiger partial charge in [0, 0.05) is 48.9 Å². The summed E-state index contributed by atoms with van der Waals surface area (Å²) in [4.78, 5) is 14.5. The molecular weight excluding hydrogens is 384 g/mol. The van der Waals surface area contributed by atoms with Crippen molar-refractivity contribution < 1.29 is 13.6 Å². The number of carbonyl (C=O) groups is 1. The van der Waals surface area contributed by atoms with E-state index in [0.717, 1.165) is 44.4 Å². The van der Waals surface area contributed by atoms with Crippen LogP contribution in [0.25, 0.3) is 0 Å². The van der Waals surface area contributed by atoms with E-state index in [1.54, 1.807) is 6.07 Å². The van der Waals surface area contributed by atoms with Gasteiger partial charge in [-0.2, -0.15) is 0 Å². The van der Waals surface area contributed by atoms with Gasteiger partial charge in [0.25, 0.3) is 5.92 Å². The van der Waals surface area contributed by atoms with Crippen LogP contribution < -0.4 is 10.6 Å². The number of hydrogen-bond acceptors (Lipinski definition) is 2. The van der Waals surface area contributed by atoms with Crippen LogP contribution in [-0.4, -0.2) is 30.1 Å². The normalized spacial score (nSPS) is 16.0. The molecule has 3 rings (SSSR count). The van der Waals surface area contributed by atoms with Gasteiger partial charge in [0.2, 0.25) is 0 Å². The fourth-order valence-corrected chi connectivity index (χ4v) is 3.43. The van der Waals surface area contributed by atoms with Crippen molar-refractivity contribution in [1.82, 2.24) is 10.2 Å². The average molecular weight is 408 g/mol. The second-order valence-electron chi connectivity index (χ2n) is 7.24. The Morgan fingerprint density at radius 3 is 2.50 bits per heavy atom. The third kappa shape index (κ3) is 5.91. The molecule has 1 fully saturated rings. The van der Waals surface area contributed by atoms with Crippen molar-refractivity contribution in [2.75, 3.05) is 18.4 Å². The van der Waals surface area contributed by atoms with E-state index in [2.05, 4.69) is 15.5 Å². The maximum absolute atomic E-state index is 13.4. The predicted octanol–water partition coefficient (Wildman–Crippen LogP) is 5.24. The molecule has 1 aliphatic heterocycles. The quantitative estimate of drug-likeness (QED) is 0.712. The lowest BCUT2D eigenvalue weighted by molar-refractivity contribution is 0.0175. The minimum atomic E-state index is -2.94. The Labute approximate surface area is 168 Å². The molecule has 0 radical (unpaired) electrons. The molecule has 0 saturated carbocycles. The molecule has 2 amide bonds. The van der Waals surface area contributed by atoms with Crippen molar-refractivity contribution in [1.29, 1.82) is 0 Å². The van der Waals surface area contributed by atoms with Crippen LogP contribution in [0.4, 0.5) is 19.3 Å². The number of amides is 2. The minimum Gasteiger partial charge on any atom is -0.335 e. The maximum Gasteiger partial charge on any atom is 0.319 e. The number of likely N-dealkylation sites (tertiary alicyclic amines) is 1. The van der Waals surface area contributed by atoms with Crippen LogP contribution in [0.1, 0.15) is 30.9 Å². The van der Waals surface area contributed by atoms with Crippen LogP contribution >= 0.6 is 11.6 Å². The van der Waals surface area contributed by atoms with E-state index in [9.17, 15) is 13.6 Å². The Hall–Kier alpha value is -2.18. The molecule has 0 unspecified atom stereocenters. The lowest BCUT2D eigenvalue weighted by Crippen LogP contribution is -2.45. The van der Waals surface area contributed by atoms with Gasteiger partial charge in [0.15, 0.2) is 0 Å². The van der Waals surface area contributed by atoms with Gasteiger partial charge in [0.1, 0.15) is 0 Å². The average Bonchev–Trinajstić information content (AvgIpc) is 2.65. The van der Waals surface area contributed by atoms with Gasteiger partial charge in [-0.3, -0.25) is 4.90 Å². The maximum atomic E-state index is 13.4. The lowest BCUT2D eigenvalue weighted by atomic mass is 10.0. The minimum absolute atomic E-state index is 0.0669. The first kappa shape index (κ1) is 20.6. The molecular formula is C21H24ClF2N3O. The Kier molecular flexibility index (Phi) is 6.52. The smallest absolute Gasteiger partial charge is 0.319 e. The van der Waals surface area contributed by atoms with Crippen molar-refractivity contribution in [2.45, 2.75) is 38.3 Å². The van der Waals surface area contributed by atoms with Crippen LogP contribution in [0, 0.1) is 0 Å². The second kappa shape index (κ2) is 8.88. The van der Waals surface area contributed by atoms with Crippen molar-refractivity contribution in [3.8, 4) is 0 Å². The van der Waals surface area contributed by atoms with Gasteiger partial charge in [-0.05, 0) is 42.7 Å². The fourth-order valence-electron chi connectivity index (χ4n) is 3.31. The van der Waals surface area contributed by atoms with Crippen molar-refractivity contribution in [3.63, 3.8) is 0 Å². The number of benzene rings is 2. The number of halogens is 3. The van der Waals surface area contributed by atoms with E-state index in [1.165, 1.54) is 23.8 Å². The highest BCUT2D eigenvalue weighted by atomic mass is 35.5. The summed E-state index contributed by atoms with van der Waals surface area (Å²) < 4.78 is 26.8. The molecule has 0 aromatic heterocycles. The van der Waals surface area contributed by atoms with Gasteiger partial charge >= 0.3 is 6.03 Å². The molecule has 0 spiro atoms. The van der Waals surface area contributed by atoms with Crippen molar-refractivity contribution >= 4 is 23.3 Å². The van der Waals surface area contributed by atoms with Crippen LogP contribution in [0.3, 0.4) is 0 Å². The van der Waals surface area contributed by atoms with E-state index in [0.29, 0.717) is 5.69 Å². The number of nitrogens with one attached hydrogen (secondary N) is 2. The fraction of sp³-hybridized carbons (Fsp3) is 0.381. The summed E-state index contributed by atoms with van der Waals surface area (Å²) >= 11 is 5.91. The summed E-state index contributed by atoms with van der Waals surface area (Å²) in [5.74, 6) is -2.94. The SMILES string of the molecule is CC(F)(F)c1cccc(NC(=O)NC2CCN(Cc3ccc(Cl)cc3)CC2)c1. The van der Waals surface area contributed by atoms with Gasteiger partial charge in [-0.15, -0.1) is 0 Å². The number of anilines is 1. The number of urea groups is 1. The Morgan fingerprint density at radius 1 is 1.18 bits per heavy atom. The number of hydrogen-bond donors (Lipinski definition) is 2. The monoisotopic (exact) mass is 407 g/mol. The van der Waals surface area contributed by atoms with Gasteiger partial charge in [-0.1, -0.05) is 35.9 Å². The summed E-state index contributed by atoms with van der Waals surface area (Å²) in [7, 11) is 0. The van der Waals surface area contributed by atoms with Gasteiger partial charge in [0.05, 0.1) is 0 Å². The molecule has 28 heavy (non-hydrogen) atoms. The highest BCUT2D eigenvalue weighted by Crippen LogP contribution is 2.28. The molecule has 7 heteroatoms. The Bertz CT molecular complexity index is 800. The zero-order valence-electron chi connectivity index (χ0n) is 15.7. The third-order valence-corrected chi connectivity index (χ3v) is 5.12. The van der Waals surface area contributed by atoms with Crippen LogP contribution in [0.15, 0.2) is 48.5 Å².